The van der Waals surface area contributed by atoms with Crippen LogP contribution < -0.4 is 4.72 Å². The lowest BCUT2D eigenvalue weighted by molar-refractivity contribution is 0.279. The van der Waals surface area contributed by atoms with Crippen LogP contribution in [0.25, 0.3) is 0 Å². The average Bonchev–Trinajstić information content (AvgIpc) is 3.10. The summed E-state index contributed by atoms with van der Waals surface area (Å²) in [5.41, 5.74) is 3.17. The second-order valence-corrected chi connectivity index (χ2v) is 9.22. The normalized spacial score (nSPS) is 14.9. The molecule has 0 fully saturated rings. The molecule has 0 bridgehead atoms. The average molecular weight is 351 g/mol. The van der Waals surface area contributed by atoms with E-state index in [0.717, 1.165) is 24.5 Å². The summed E-state index contributed by atoms with van der Waals surface area (Å²) in [5.74, 6) is 0. The van der Waals surface area contributed by atoms with Gasteiger partial charge in [-0.05, 0) is 55.3 Å². The van der Waals surface area contributed by atoms with E-state index in [0.29, 0.717) is 9.90 Å². The van der Waals surface area contributed by atoms with Gasteiger partial charge in [0.05, 0.1) is 0 Å². The Kier molecular flexibility index (Phi) is 4.75. The lowest BCUT2D eigenvalue weighted by atomic mass is 10.1. The first-order valence-corrected chi connectivity index (χ1v) is 10.2. The van der Waals surface area contributed by atoms with Gasteiger partial charge in [0.2, 0.25) is 0 Å². The van der Waals surface area contributed by atoms with E-state index in [4.69, 9.17) is 0 Å². The quantitative estimate of drug-likeness (QED) is 0.857. The van der Waals surface area contributed by atoms with E-state index >= 15 is 0 Å². The van der Waals surface area contributed by atoms with Crippen molar-refractivity contribution in [2.24, 2.45) is 0 Å². The maximum absolute atomic E-state index is 12.4. The lowest BCUT2D eigenvalue weighted by Gasteiger charge is -2.13. The molecule has 23 heavy (non-hydrogen) atoms. The number of nitrogens with one attached hydrogen (secondary N) is 1. The molecule has 1 aromatic carbocycles. The Morgan fingerprint density at radius 1 is 1.17 bits per heavy atom. The highest BCUT2D eigenvalue weighted by Gasteiger charge is 2.21. The monoisotopic (exact) mass is 350 g/mol. The maximum Gasteiger partial charge on any atom is 0.271 e. The number of unbranched alkanes of at least 4 members (excludes halogenated alkanes) is 1. The molecule has 0 atom stereocenters. The van der Waals surface area contributed by atoms with Gasteiger partial charge in [-0.25, -0.2) is 8.42 Å². The summed E-state index contributed by atoms with van der Waals surface area (Å²) < 4.78 is 27.9. The fourth-order valence-corrected chi connectivity index (χ4v) is 5.16. The molecule has 4 nitrogen and oxygen atoms in total. The molecule has 3 rings (SSSR count). The van der Waals surface area contributed by atoms with Crippen molar-refractivity contribution in [3.05, 3.63) is 46.3 Å². The van der Waals surface area contributed by atoms with Crippen molar-refractivity contribution in [2.75, 3.05) is 11.3 Å². The van der Waals surface area contributed by atoms with Gasteiger partial charge in [-0.3, -0.25) is 9.62 Å². The number of sulfonamides is 1. The van der Waals surface area contributed by atoms with Crippen LogP contribution in [0.5, 0.6) is 0 Å². The zero-order chi connectivity index (χ0) is 16.4. The lowest BCUT2D eigenvalue weighted by Crippen LogP contribution is -2.17. The van der Waals surface area contributed by atoms with Crippen molar-refractivity contribution in [3.63, 3.8) is 0 Å². The van der Waals surface area contributed by atoms with Crippen molar-refractivity contribution in [2.45, 2.75) is 44.0 Å². The highest BCUT2D eigenvalue weighted by Crippen LogP contribution is 2.28. The molecule has 124 valence electrons. The molecule has 0 spiro atoms. The Morgan fingerprint density at radius 3 is 2.65 bits per heavy atom. The topological polar surface area (TPSA) is 49.4 Å². The second kappa shape index (κ2) is 6.63. The van der Waals surface area contributed by atoms with Crippen LogP contribution in [-0.2, 0) is 23.1 Å². The number of benzene rings is 1. The number of rotatable bonds is 6. The Bertz CT molecular complexity index is 797. The van der Waals surface area contributed by atoms with Gasteiger partial charge in [0.15, 0.2) is 0 Å². The molecular formula is C17H22N2O2S2. The van der Waals surface area contributed by atoms with Crippen molar-refractivity contribution in [3.8, 4) is 0 Å². The van der Waals surface area contributed by atoms with Gasteiger partial charge in [-0.15, -0.1) is 11.3 Å². The van der Waals surface area contributed by atoms with Crippen LogP contribution in [-0.4, -0.2) is 19.9 Å². The van der Waals surface area contributed by atoms with Gasteiger partial charge in [-0.1, -0.05) is 19.4 Å². The Morgan fingerprint density at radius 2 is 1.96 bits per heavy atom. The minimum atomic E-state index is -3.48. The standard InChI is InChI=1S/C17H22N2O2S2/c1-3-4-9-19-11-14-6-7-16(10-15(14)12-19)18-23(20,21)17-8-5-13(2)22-17/h5-8,10,18H,3-4,9,11-12H2,1-2H3. The molecular weight excluding hydrogens is 328 g/mol. The van der Waals surface area contributed by atoms with Crippen molar-refractivity contribution < 1.29 is 8.42 Å². The SMILES string of the molecule is CCCCN1Cc2ccc(NS(=O)(=O)c3ccc(C)s3)cc2C1. The molecule has 2 aromatic rings. The van der Waals surface area contributed by atoms with Gasteiger partial charge < -0.3 is 0 Å². The molecule has 1 aliphatic rings. The highest BCUT2D eigenvalue weighted by molar-refractivity contribution is 7.94. The summed E-state index contributed by atoms with van der Waals surface area (Å²) in [7, 11) is -3.48. The first-order chi connectivity index (χ1) is 11.0. The summed E-state index contributed by atoms with van der Waals surface area (Å²) in [4.78, 5) is 3.40. The minimum absolute atomic E-state index is 0.361. The molecule has 0 unspecified atom stereocenters. The van der Waals surface area contributed by atoms with E-state index < -0.39 is 10.0 Å². The fraction of sp³-hybridized carbons (Fsp3) is 0.412. The van der Waals surface area contributed by atoms with Crippen molar-refractivity contribution in [1.82, 2.24) is 4.90 Å². The van der Waals surface area contributed by atoms with Crippen molar-refractivity contribution >= 4 is 27.0 Å². The summed E-state index contributed by atoms with van der Waals surface area (Å²) in [6, 6.07) is 9.36. The third kappa shape index (κ3) is 3.76. The van der Waals surface area contributed by atoms with Gasteiger partial charge in [0, 0.05) is 23.7 Å². The summed E-state index contributed by atoms with van der Waals surface area (Å²) in [5, 5.41) is 0. The molecule has 0 saturated heterocycles. The van der Waals surface area contributed by atoms with Crippen LogP contribution in [0.1, 0.15) is 35.8 Å². The van der Waals surface area contributed by atoms with Gasteiger partial charge in [0.25, 0.3) is 10.0 Å². The van der Waals surface area contributed by atoms with Crippen molar-refractivity contribution in [1.29, 1.82) is 0 Å². The van der Waals surface area contributed by atoms with Crippen LogP contribution in [0.4, 0.5) is 5.69 Å². The predicted molar refractivity (Wildman–Crippen MR) is 95.3 cm³/mol. The maximum atomic E-state index is 12.4. The molecule has 2 heterocycles. The van der Waals surface area contributed by atoms with Crippen LogP contribution in [0.3, 0.4) is 0 Å². The number of hydrogen-bond donors (Lipinski definition) is 1. The van der Waals surface area contributed by atoms with E-state index in [1.54, 1.807) is 6.07 Å². The van der Waals surface area contributed by atoms with Gasteiger partial charge in [-0.2, -0.15) is 0 Å². The predicted octanol–water partition coefficient (Wildman–Crippen LogP) is 3.97. The number of fused-ring (bicyclic) bond motifs is 1. The number of aryl methyl sites for hydroxylation is 1. The van der Waals surface area contributed by atoms with Gasteiger partial charge in [0.1, 0.15) is 4.21 Å². The second-order valence-electron chi connectivity index (χ2n) is 6.02. The Balaban J connectivity index is 1.74. The molecule has 1 aliphatic heterocycles. The summed E-state index contributed by atoms with van der Waals surface area (Å²) in [6.45, 7) is 7.07. The van der Waals surface area contributed by atoms with E-state index in [1.165, 1.54) is 35.3 Å². The number of hydrogen-bond acceptors (Lipinski definition) is 4. The Labute approximate surface area is 142 Å². The fourth-order valence-electron chi connectivity index (χ4n) is 2.83. The first kappa shape index (κ1) is 16.5. The van der Waals surface area contributed by atoms with Crippen LogP contribution >= 0.6 is 11.3 Å². The third-order valence-electron chi connectivity index (χ3n) is 4.05. The van der Waals surface area contributed by atoms with Gasteiger partial charge >= 0.3 is 0 Å². The molecule has 1 N–H and O–H groups in total. The zero-order valence-electron chi connectivity index (χ0n) is 13.5. The third-order valence-corrected chi connectivity index (χ3v) is 6.93. The molecule has 6 heteroatoms. The number of nitrogens with zero attached hydrogens (tertiary/aromatic N) is 1. The van der Waals surface area contributed by atoms with Crippen LogP contribution in [0, 0.1) is 6.92 Å². The molecule has 0 radical (unpaired) electrons. The van der Waals surface area contributed by atoms with Crippen LogP contribution in [0.2, 0.25) is 0 Å². The molecule has 1 aromatic heterocycles. The Hall–Kier alpha value is -1.37. The largest absolute Gasteiger partial charge is 0.295 e. The molecule has 0 saturated carbocycles. The number of anilines is 1. The van der Waals surface area contributed by atoms with Crippen LogP contribution in [0.15, 0.2) is 34.5 Å². The highest BCUT2D eigenvalue weighted by atomic mass is 32.2. The smallest absolute Gasteiger partial charge is 0.271 e. The van der Waals surface area contributed by atoms with E-state index in [2.05, 4.69) is 16.5 Å². The van der Waals surface area contributed by atoms with E-state index in [1.807, 2.05) is 31.2 Å². The van der Waals surface area contributed by atoms with E-state index in [-0.39, 0.29) is 0 Å². The molecule has 0 aliphatic carbocycles. The summed E-state index contributed by atoms with van der Waals surface area (Å²) in [6.07, 6.45) is 2.39. The summed E-state index contributed by atoms with van der Waals surface area (Å²) >= 11 is 1.29. The molecule has 0 amide bonds. The minimum Gasteiger partial charge on any atom is -0.295 e. The van der Waals surface area contributed by atoms with E-state index in [9.17, 15) is 8.42 Å². The number of thiophene rings is 1. The first-order valence-electron chi connectivity index (χ1n) is 7.91. The zero-order valence-corrected chi connectivity index (χ0v) is 15.1.